The average Bonchev–Trinajstić information content (AvgIpc) is 3.04. The number of ether oxygens (including phenoxy) is 1. The molecule has 1 fully saturated rings. The number of primary amides is 1. The maximum absolute atomic E-state index is 13.1. The lowest BCUT2D eigenvalue weighted by Gasteiger charge is -2.13. The first-order chi connectivity index (χ1) is 8.52. The molecule has 2 rings (SSSR count). The number of nitrogens with two attached hydrogens (primary N) is 1. The van der Waals surface area contributed by atoms with Gasteiger partial charge in [0.05, 0.1) is 5.54 Å². The van der Waals surface area contributed by atoms with Crippen molar-refractivity contribution in [3.05, 3.63) is 28.5 Å². The van der Waals surface area contributed by atoms with E-state index in [2.05, 4.69) is 21.2 Å². The molecule has 0 bridgehead atoms. The van der Waals surface area contributed by atoms with Crippen LogP contribution >= 0.6 is 15.9 Å². The molecule has 0 heterocycles. The summed E-state index contributed by atoms with van der Waals surface area (Å²) in [6.45, 7) is 0.849. The van der Waals surface area contributed by atoms with E-state index in [1.807, 2.05) is 0 Å². The van der Waals surface area contributed by atoms with Crippen LogP contribution in [0.5, 0.6) is 5.75 Å². The van der Waals surface area contributed by atoms with Gasteiger partial charge in [-0.3, -0.25) is 10.1 Å². The summed E-state index contributed by atoms with van der Waals surface area (Å²) in [5.74, 6) is -0.230. The zero-order chi connectivity index (χ0) is 13.2. The fraction of sp³-hybridized carbons (Fsp3) is 0.417. The first kappa shape index (κ1) is 13.3. The van der Waals surface area contributed by atoms with Gasteiger partial charge in [-0.15, -0.1) is 0 Å². The van der Waals surface area contributed by atoms with Crippen LogP contribution in [0, 0.1) is 5.82 Å². The predicted octanol–water partition coefficient (Wildman–Crippen LogP) is 1.57. The Morgan fingerprint density at radius 1 is 1.50 bits per heavy atom. The maximum Gasteiger partial charge on any atom is 0.237 e. The predicted molar refractivity (Wildman–Crippen MR) is 68.8 cm³/mol. The van der Waals surface area contributed by atoms with E-state index in [0.29, 0.717) is 23.4 Å². The van der Waals surface area contributed by atoms with Crippen molar-refractivity contribution in [1.29, 1.82) is 0 Å². The Morgan fingerprint density at radius 3 is 2.78 bits per heavy atom. The van der Waals surface area contributed by atoms with Gasteiger partial charge in [0.25, 0.3) is 0 Å². The molecule has 0 aromatic heterocycles. The molecule has 98 valence electrons. The zero-order valence-corrected chi connectivity index (χ0v) is 11.3. The number of hydrogen-bond donors (Lipinski definition) is 2. The molecular formula is C12H14BrFN2O2. The van der Waals surface area contributed by atoms with Crippen LogP contribution in [0.2, 0.25) is 0 Å². The van der Waals surface area contributed by atoms with Crippen LogP contribution in [0.4, 0.5) is 4.39 Å². The minimum absolute atomic E-state index is 0.323. The smallest absolute Gasteiger partial charge is 0.237 e. The van der Waals surface area contributed by atoms with Gasteiger partial charge >= 0.3 is 0 Å². The Morgan fingerprint density at radius 2 is 2.22 bits per heavy atom. The van der Waals surface area contributed by atoms with Crippen LogP contribution in [-0.2, 0) is 4.79 Å². The standard InChI is InChI=1S/C12H14BrFN2O2/c13-8-5-9(14)7-10(6-8)18-4-3-16-12(1-2-12)11(15)17/h5-7,16H,1-4H2,(H2,15,17). The van der Waals surface area contributed by atoms with Gasteiger partial charge in [0, 0.05) is 17.1 Å². The van der Waals surface area contributed by atoms with Crippen molar-refractivity contribution in [1.82, 2.24) is 5.32 Å². The van der Waals surface area contributed by atoms with Gasteiger partial charge in [0.2, 0.25) is 5.91 Å². The number of hydrogen-bond acceptors (Lipinski definition) is 3. The summed E-state index contributed by atoms with van der Waals surface area (Å²) >= 11 is 3.19. The zero-order valence-electron chi connectivity index (χ0n) is 9.71. The van der Waals surface area contributed by atoms with E-state index < -0.39 is 5.54 Å². The van der Waals surface area contributed by atoms with Gasteiger partial charge in [-0.2, -0.15) is 0 Å². The molecule has 1 amide bonds. The van der Waals surface area contributed by atoms with E-state index in [4.69, 9.17) is 10.5 Å². The van der Waals surface area contributed by atoms with E-state index in [1.54, 1.807) is 6.07 Å². The third-order valence-corrected chi connectivity index (χ3v) is 3.35. The number of benzene rings is 1. The molecule has 0 aliphatic heterocycles. The van der Waals surface area contributed by atoms with Gasteiger partial charge < -0.3 is 10.5 Å². The summed E-state index contributed by atoms with van der Waals surface area (Å²) < 4.78 is 19.1. The van der Waals surface area contributed by atoms with Gasteiger partial charge in [-0.25, -0.2) is 4.39 Å². The summed E-state index contributed by atoms with van der Waals surface area (Å²) in [5.41, 5.74) is 4.73. The Kier molecular flexibility index (Phi) is 3.87. The van der Waals surface area contributed by atoms with E-state index in [-0.39, 0.29) is 11.7 Å². The summed E-state index contributed by atoms with van der Waals surface area (Å²) in [6.07, 6.45) is 1.54. The monoisotopic (exact) mass is 316 g/mol. The van der Waals surface area contributed by atoms with Crippen molar-refractivity contribution in [3.8, 4) is 5.75 Å². The van der Waals surface area contributed by atoms with Crippen molar-refractivity contribution in [2.24, 2.45) is 5.73 Å². The number of nitrogens with one attached hydrogen (secondary N) is 1. The summed E-state index contributed by atoms with van der Waals surface area (Å²) in [7, 11) is 0. The first-order valence-electron chi connectivity index (χ1n) is 5.66. The first-order valence-corrected chi connectivity index (χ1v) is 6.45. The van der Waals surface area contributed by atoms with Crippen LogP contribution in [-0.4, -0.2) is 24.6 Å². The summed E-state index contributed by atoms with van der Waals surface area (Å²) in [4.78, 5) is 11.1. The van der Waals surface area contributed by atoms with Gasteiger partial charge in [0.15, 0.2) is 0 Å². The van der Waals surface area contributed by atoms with Crippen molar-refractivity contribution in [3.63, 3.8) is 0 Å². The molecule has 1 aliphatic rings. The third kappa shape index (κ3) is 3.20. The molecule has 0 radical (unpaired) electrons. The topological polar surface area (TPSA) is 64.4 Å². The lowest BCUT2D eigenvalue weighted by Crippen LogP contribution is -2.45. The largest absolute Gasteiger partial charge is 0.492 e. The maximum atomic E-state index is 13.1. The summed E-state index contributed by atoms with van der Waals surface area (Å²) in [6, 6.07) is 4.35. The van der Waals surface area contributed by atoms with Crippen molar-refractivity contribution >= 4 is 21.8 Å². The van der Waals surface area contributed by atoms with Gasteiger partial charge in [-0.05, 0) is 25.0 Å². The molecule has 18 heavy (non-hydrogen) atoms. The highest BCUT2D eigenvalue weighted by Gasteiger charge is 2.47. The number of carbonyl (C=O) groups is 1. The molecule has 1 aromatic carbocycles. The molecule has 0 unspecified atom stereocenters. The molecule has 0 spiro atoms. The number of carbonyl (C=O) groups excluding carboxylic acids is 1. The van der Waals surface area contributed by atoms with Crippen LogP contribution < -0.4 is 15.8 Å². The van der Waals surface area contributed by atoms with Crippen LogP contribution in [0.1, 0.15) is 12.8 Å². The second-order valence-electron chi connectivity index (χ2n) is 4.33. The second kappa shape index (κ2) is 5.24. The highest BCUT2D eigenvalue weighted by atomic mass is 79.9. The number of halogens is 2. The third-order valence-electron chi connectivity index (χ3n) is 2.89. The summed E-state index contributed by atoms with van der Waals surface area (Å²) in [5, 5.41) is 3.06. The van der Waals surface area contributed by atoms with Crippen molar-refractivity contribution in [2.45, 2.75) is 18.4 Å². The second-order valence-corrected chi connectivity index (χ2v) is 5.24. The fourth-order valence-electron chi connectivity index (χ4n) is 1.71. The molecule has 4 nitrogen and oxygen atoms in total. The molecule has 3 N–H and O–H groups in total. The van der Waals surface area contributed by atoms with E-state index in [0.717, 1.165) is 12.8 Å². The Labute approximate surface area is 113 Å². The fourth-order valence-corrected chi connectivity index (χ4v) is 2.15. The van der Waals surface area contributed by atoms with E-state index in [9.17, 15) is 9.18 Å². The van der Waals surface area contributed by atoms with Crippen LogP contribution in [0.15, 0.2) is 22.7 Å². The molecule has 0 saturated heterocycles. The molecule has 1 aromatic rings. The highest BCUT2D eigenvalue weighted by Crippen LogP contribution is 2.34. The van der Waals surface area contributed by atoms with E-state index in [1.165, 1.54) is 12.1 Å². The Balaban J connectivity index is 1.77. The SMILES string of the molecule is NC(=O)C1(NCCOc2cc(F)cc(Br)c2)CC1. The van der Waals surface area contributed by atoms with Crippen LogP contribution in [0.25, 0.3) is 0 Å². The minimum atomic E-state index is -0.536. The normalized spacial score (nSPS) is 16.3. The molecular weight excluding hydrogens is 303 g/mol. The van der Waals surface area contributed by atoms with Gasteiger partial charge in [-0.1, -0.05) is 15.9 Å². The molecule has 6 heteroatoms. The number of amides is 1. The highest BCUT2D eigenvalue weighted by molar-refractivity contribution is 9.10. The number of rotatable bonds is 6. The van der Waals surface area contributed by atoms with Gasteiger partial charge in [0.1, 0.15) is 18.2 Å². The Hall–Kier alpha value is -1.14. The minimum Gasteiger partial charge on any atom is -0.492 e. The molecule has 0 atom stereocenters. The van der Waals surface area contributed by atoms with Crippen LogP contribution in [0.3, 0.4) is 0 Å². The molecule has 1 aliphatic carbocycles. The Bertz CT molecular complexity index is 443. The lowest BCUT2D eigenvalue weighted by molar-refractivity contribution is -0.121. The lowest BCUT2D eigenvalue weighted by atomic mass is 10.2. The molecule has 1 saturated carbocycles. The van der Waals surface area contributed by atoms with Crippen molar-refractivity contribution < 1.29 is 13.9 Å². The quantitative estimate of drug-likeness (QED) is 0.783. The average molecular weight is 317 g/mol. The van der Waals surface area contributed by atoms with E-state index >= 15 is 0 Å². The van der Waals surface area contributed by atoms with Crippen molar-refractivity contribution in [2.75, 3.05) is 13.2 Å².